The Hall–Kier alpha value is -0.960. The van der Waals surface area contributed by atoms with E-state index in [0.717, 1.165) is 51.5 Å². The number of thioether (sulfide) groups is 1. The summed E-state index contributed by atoms with van der Waals surface area (Å²) in [6.07, 6.45) is 1.01. The van der Waals surface area contributed by atoms with Crippen molar-refractivity contribution >= 4 is 34.8 Å². The first kappa shape index (κ1) is 18.4. The molecule has 0 bridgehead atoms. The number of alkyl halides is 2. The summed E-state index contributed by atoms with van der Waals surface area (Å²) in [6, 6.07) is 6.79. The minimum atomic E-state index is -2.40. The average molecular weight is 361 g/mol. The van der Waals surface area contributed by atoms with Gasteiger partial charge in [0, 0.05) is 30.2 Å². The molecule has 2 rings (SSSR count). The van der Waals surface area contributed by atoms with Crippen LogP contribution in [-0.2, 0) is 4.74 Å². The molecule has 0 aromatic heterocycles. The van der Waals surface area contributed by atoms with Crippen LogP contribution in [0.5, 0.6) is 0 Å². The Morgan fingerprint density at radius 3 is 2.61 bits per heavy atom. The quantitative estimate of drug-likeness (QED) is 0.442. The Morgan fingerprint density at radius 2 is 1.96 bits per heavy atom. The summed E-state index contributed by atoms with van der Waals surface area (Å²) in [7, 11) is 0. The predicted octanol–water partition coefficient (Wildman–Crippen LogP) is 3.01. The van der Waals surface area contributed by atoms with E-state index in [2.05, 4.69) is 15.5 Å². The fourth-order valence-corrected chi connectivity index (χ4v) is 2.94. The summed E-state index contributed by atoms with van der Waals surface area (Å²) >= 11 is 5.76. The van der Waals surface area contributed by atoms with Crippen LogP contribution in [0.2, 0.25) is 0 Å². The molecule has 0 aliphatic carbocycles. The van der Waals surface area contributed by atoms with Crippen LogP contribution in [0.25, 0.3) is 0 Å². The molecule has 0 atom stereocenters. The van der Waals surface area contributed by atoms with Gasteiger partial charge in [0.2, 0.25) is 0 Å². The molecule has 23 heavy (non-hydrogen) atoms. The highest BCUT2D eigenvalue weighted by Crippen LogP contribution is 2.26. The lowest BCUT2D eigenvalue weighted by molar-refractivity contribution is 0.0376. The van der Waals surface area contributed by atoms with E-state index in [4.69, 9.17) is 17.0 Å². The number of nitrogens with zero attached hydrogens (tertiary/aromatic N) is 1. The summed E-state index contributed by atoms with van der Waals surface area (Å²) in [5, 5.41) is 6.75. The van der Waals surface area contributed by atoms with E-state index in [9.17, 15) is 8.78 Å². The average Bonchev–Trinajstić information content (AvgIpc) is 2.54. The third-order valence-electron chi connectivity index (χ3n) is 3.38. The van der Waals surface area contributed by atoms with E-state index in [1.807, 2.05) is 0 Å². The number of rotatable bonds is 7. The predicted molar refractivity (Wildman–Crippen MR) is 94.4 cm³/mol. The van der Waals surface area contributed by atoms with Gasteiger partial charge < -0.3 is 15.4 Å². The number of morpholine rings is 1. The molecule has 4 nitrogen and oxygen atoms in total. The number of thiocarbonyl (C=S) groups is 1. The van der Waals surface area contributed by atoms with Gasteiger partial charge in [0.1, 0.15) is 0 Å². The van der Waals surface area contributed by atoms with Crippen molar-refractivity contribution in [3.63, 3.8) is 0 Å². The lowest BCUT2D eigenvalue weighted by Gasteiger charge is -2.26. The number of hydrogen-bond donors (Lipinski definition) is 2. The van der Waals surface area contributed by atoms with Crippen LogP contribution in [0.15, 0.2) is 29.2 Å². The van der Waals surface area contributed by atoms with Gasteiger partial charge in [-0.2, -0.15) is 8.78 Å². The molecular formula is C15H21F2N3OS2. The molecule has 0 amide bonds. The molecule has 1 aliphatic heterocycles. The molecule has 1 aliphatic rings. The van der Waals surface area contributed by atoms with E-state index in [-0.39, 0.29) is 0 Å². The molecule has 0 unspecified atom stereocenters. The van der Waals surface area contributed by atoms with Crippen molar-refractivity contribution in [3.05, 3.63) is 24.3 Å². The van der Waals surface area contributed by atoms with Crippen LogP contribution < -0.4 is 10.6 Å². The van der Waals surface area contributed by atoms with E-state index in [1.54, 1.807) is 24.3 Å². The topological polar surface area (TPSA) is 36.5 Å². The number of nitrogens with one attached hydrogen (secondary N) is 2. The van der Waals surface area contributed by atoms with Crippen LogP contribution >= 0.6 is 24.0 Å². The lowest BCUT2D eigenvalue weighted by atomic mass is 10.3. The Labute approximate surface area is 144 Å². The first-order valence-corrected chi connectivity index (χ1v) is 8.82. The van der Waals surface area contributed by atoms with Crippen molar-refractivity contribution in [2.24, 2.45) is 0 Å². The number of hydrogen-bond acceptors (Lipinski definition) is 4. The molecule has 1 saturated heterocycles. The van der Waals surface area contributed by atoms with Crippen LogP contribution in [0.3, 0.4) is 0 Å². The van der Waals surface area contributed by atoms with Crippen molar-refractivity contribution in [1.82, 2.24) is 10.2 Å². The molecule has 1 fully saturated rings. The van der Waals surface area contributed by atoms with E-state index in [0.29, 0.717) is 21.8 Å². The summed E-state index contributed by atoms with van der Waals surface area (Å²) in [5.41, 5.74) is 0.786. The number of halogens is 2. The molecule has 8 heteroatoms. The van der Waals surface area contributed by atoms with E-state index < -0.39 is 5.76 Å². The SMILES string of the molecule is FC(F)Sc1ccc(NC(=S)NCCCN2CCOCC2)cc1. The third-order valence-corrected chi connectivity index (χ3v) is 4.35. The Bertz CT molecular complexity index is 482. The molecule has 128 valence electrons. The maximum absolute atomic E-state index is 12.2. The van der Waals surface area contributed by atoms with Gasteiger partial charge in [-0.15, -0.1) is 0 Å². The van der Waals surface area contributed by atoms with E-state index >= 15 is 0 Å². The van der Waals surface area contributed by atoms with Gasteiger partial charge in [0.05, 0.1) is 13.2 Å². The molecule has 1 heterocycles. The normalized spacial score (nSPS) is 15.6. The lowest BCUT2D eigenvalue weighted by Crippen LogP contribution is -2.38. The monoisotopic (exact) mass is 361 g/mol. The molecule has 1 aromatic rings. The van der Waals surface area contributed by atoms with Crippen LogP contribution in [-0.4, -0.2) is 55.2 Å². The second-order valence-electron chi connectivity index (χ2n) is 5.09. The maximum atomic E-state index is 12.2. The highest BCUT2D eigenvalue weighted by Gasteiger charge is 2.09. The molecule has 0 radical (unpaired) electrons. The Balaban J connectivity index is 1.62. The molecule has 0 saturated carbocycles. The molecule has 0 spiro atoms. The first-order valence-electron chi connectivity index (χ1n) is 7.53. The summed E-state index contributed by atoms with van der Waals surface area (Å²) in [5.74, 6) is -2.40. The van der Waals surface area contributed by atoms with Crippen LogP contribution in [0.4, 0.5) is 14.5 Å². The van der Waals surface area contributed by atoms with Crippen molar-refractivity contribution in [2.75, 3.05) is 44.7 Å². The van der Waals surface area contributed by atoms with Gasteiger partial charge in [-0.25, -0.2) is 0 Å². The zero-order chi connectivity index (χ0) is 16.5. The molecular weight excluding hydrogens is 340 g/mol. The minimum Gasteiger partial charge on any atom is -0.379 e. The molecule has 2 N–H and O–H groups in total. The van der Waals surface area contributed by atoms with Crippen LogP contribution in [0, 0.1) is 0 Å². The fourth-order valence-electron chi connectivity index (χ4n) is 2.22. The Morgan fingerprint density at radius 1 is 1.26 bits per heavy atom. The third kappa shape index (κ3) is 7.43. The summed E-state index contributed by atoms with van der Waals surface area (Å²) in [6.45, 7) is 5.43. The van der Waals surface area contributed by atoms with Crippen molar-refractivity contribution < 1.29 is 13.5 Å². The van der Waals surface area contributed by atoms with Gasteiger partial charge in [0.15, 0.2) is 5.11 Å². The van der Waals surface area contributed by atoms with Crippen molar-refractivity contribution in [3.8, 4) is 0 Å². The van der Waals surface area contributed by atoms with E-state index in [1.165, 1.54) is 0 Å². The fraction of sp³-hybridized carbons (Fsp3) is 0.533. The highest BCUT2D eigenvalue weighted by atomic mass is 32.2. The van der Waals surface area contributed by atoms with Crippen molar-refractivity contribution in [1.29, 1.82) is 0 Å². The molecule has 1 aromatic carbocycles. The van der Waals surface area contributed by atoms with Gasteiger partial charge >= 0.3 is 0 Å². The standard InChI is InChI=1S/C15H21F2N3OS2/c16-14(17)23-13-4-2-12(3-5-13)19-15(22)18-6-1-7-20-8-10-21-11-9-20/h2-5,14H,1,6-11H2,(H2,18,19,22). The van der Waals surface area contributed by atoms with Gasteiger partial charge in [-0.1, -0.05) is 11.8 Å². The second-order valence-corrected chi connectivity index (χ2v) is 6.56. The van der Waals surface area contributed by atoms with Gasteiger partial charge in [-0.3, -0.25) is 4.90 Å². The number of benzene rings is 1. The minimum absolute atomic E-state index is 0.533. The van der Waals surface area contributed by atoms with Crippen molar-refractivity contribution in [2.45, 2.75) is 17.1 Å². The Kier molecular flexibility index (Phi) is 8.01. The summed E-state index contributed by atoms with van der Waals surface area (Å²) in [4.78, 5) is 2.91. The zero-order valence-corrected chi connectivity index (χ0v) is 14.4. The number of anilines is 1. The van der Waals surface area contributed by atoms with Gasteiger partial charge in [0.25, 0.3) is 5.76 Å². The smallest absolute Gasteiger partial charge is 0.288 e. The maximum Gasteiger partial charge on any atom is 0.288 e. The summed E-state index contributed by atoms with van der Waals surface area (Å²) < 4.78 is 29.8. The first-order chi connectivity index (χ1) is 11.1. The van der Waals surface area contributed by atoms with Crippen LogP contribution in [0.1, 0.15) is 6.42 Å². The zero-order valence-electron chi connectivity index (χ0n) is 12.8. The number of ether oxygens (including phenoxy) is 1. The largest absolute Gasteiger partial charge is 0.379 e. The van der Waals surface area contributed by atoms with Gasteiger partial charge in [-0.05, 0) is 49.4 Å². The highest BCUT2D eigenvalue weighted by molar-refractivity contribution is 7.99. The second kappa shape index (κ2) is 10.0.